The minimum atomic E-state index is -0.424. The molecule has 7 heteroatoms. The number of nitrogens with one attached hydrogen (secondary N) is 1. The van der Waals surface area contributed by atoms with Crippen molar-refractivity contribution in [2.24, 2.45) is 0 Å². The molecule has 5 nitrogen and oxygen atoms in total. The molecule has 0 radical (unpaired) electrons. The highest BCUT2D eigenvalue weighted by Gasteiger charge is 2.10. The lowest BCUT2D eigenvalue weighted by molar-refractivity contribution is -0.116. The fourth-order valence-corrected chi connectivity index (χ4v) is 3.33. The molecule has 0 fully saturated rings. The van der Waals surface area contributed by atoms with Crippen LogP contribution in [0.15, 0.2) is 48.5 Å². The summed E-state index contributed by atoms with van der Waals surface area (Å²) in [5.74, 6) is 0.0403. The molecule has 0 aliphatic carbocycles. The molecule has 0 aromatic heterocycles. The Morgan fingerprint density at radius 1 is 1.07 bits per heavy atom. The van der Waals surface area contributed by atoms with Crippen LogP contribution in [-0.4, -0.2) is 28.9 Å². The number of aryl methyl sites for hydroxylation is 1. The largest absolute Gasteiger partial charge is 0.461 e. The van der Waals surface area contributed by atoms with Crippen LogP contribution in [0.4, 0.5) is 5.69 Å². The number of carbonyl (C=O) groups excluding carboxylic acids is 3. The summed E-state index contributed by atoms with van der Waals surface area (Å²) in [7, 11) is 0. The second-order valence-electron chi connectivity index (χ2n) is 6.00. The minimum Gasteiger partial charge on any atom is -0.461 e. The van der Waals surface area contributed by atoms with Crippen molar-refractivity contribution in [2.75, 3.05) is 17.3 Å². The smallest absolute Gasteiger partial charge is 0.338 e. The summed E-state index contributed by atoms with van der Waals surface area (Å²) in [4.78, 5) is 35.4. The van der Waals surface area contributed by atoms with Gasteiger partial charge in [0.25, 0.3) is 0 Å². The van der Waals surface area contributed by atoms with Crippen molar-refractivity contribution in [1.82, 2.24) is 0 Å². The molecule has 0 unspecified atom stereocenters. The summed E-state index contributed by atoms with van der Waals surface area (Å²) in [6, 6.07) is 14.5. The van der Waals surface area contributed by atoms with E-state index in [-0.39, 0.29) is 17.6 Å². The van der Waals surface area contributed by atoms with Crippen LogP contribution < -0.4 is 5.32 Å². The van der Waals surface area contributed by atoms with Gasteiger partial charge in [0.2, 0.25) is 5.91 Å². The first-order valence-corrected chi connectivity index (χ1v) is 10.9. The van der Waals surface area contributed by atoms with Gasteiger partial charge in [-0.05, 0) is 35.7 Å². The highest BCUT2D eigenvalue weighted by Crippen LogP contribution is 2.19. The molecule has 0 aliphatic rings. The monoisotopic (exact) mass is 463 g/mol. The maximum Gasteiger partial charge on any atom is 0.338 e. The van der Waals surface area contributed by atoms with Gasteiger partial charge in [-0.15, -0.1) is 0 Å². The van der Waals surface area contributed by atoms with E-state index < -0.39 is 5.97 Å². The number of carbonyl (C=O) groups is 3. The number of esters is 1. The average Bonchev–Trinajstić information content (AvgIpc) is 2.69. The zero-order chi connectivity index (χ0) is 20.4. The van der Waals surface area contributed by atoms with E-state index in [1.54, 1.807) is 31.2 Å². The standard InChI is InChI=1S/C21H22BrNO4S/c1-15(24)28-14-18-6-3-2-5-16(18)9-10-20(25)23-19-8-4-7-17(13-19)21(26)27-12-11-22/h2-8,13H,9-12,14H2,1H3,(H,23,25). The third kappa shape index (κ3) is 7.48. The number of anilines is 1. The lowest BCUT2D eigenvalue weighted by Gasteiger charge is -2.10. The average molecular weight is 464 g/mol. The van der Waals surface area contributed by atoms with E-state index in [0.717, 1.165) is 11.1 Å². The molecule has 0 aliphatic heterocycles. The molecule has 0 spiro atoms. The number of hydrogen-bond acceptors (Lipinski definition) is 5. The van der Waals surface area contributed by atoms with Crippen LogP contribution in [0.5, 0.6) is 0 Å². The molecule has 0 saturated carbocycles. The fraction of sp³-hybridized carbons (Fsp3) is 0.286. The summed E-state index contributed by atoms with van der Waals surface area (Å²) in [6.07, 6.45) is 0.882. The fourth-order valence-electron chi connectivity index (χ4n) is 2.53. The Morgan fingerprint density at radius 3 is 2.54 bits per heavy atom. The number of rotatable bonds is 9. The van der Waals surface area contributed by atoms with Crippen molar-refractivity contribution in [2.45, 2.75) is 25.5 Å². The molecule has 2 aromatic carbocycles. The van der Waals surface area contributed by atoms with E-state index in [4.69, 9.17) is 4.74 Å². The first kappa shape index (κ1) is 22.2. The van der Waals surface area contributed by atoms with E-state index >= 15 is 0 Å². The molecule has 0 heterocycles. The lowest BCUT2D eigenvalue weighted by Crippen LogP contribution is -2.14. The number of ether oxygens (including phenoxy) is 1. The van der Waals surface area contributed by atoms with E-state index in [0.29, 0.717) is 35.2 Å². The number of amides is 1. The van der Waals surface area contributed by atoms with Crippen molar-refractivity contribution in [1.29, 1.82) is 0 Å². The molecular formula is C21H22BrNO4S. The van der Waals surface area contributed by atoms with Gasteiger partial charge in [0.1, 0.15) is 6.61 Å². The summed E-state index contributed by atoms with van der Waals surface area (Å²) in [6.45, 7) is 1.83. The Morgan fingerprint density at radius 2 is 1.82 bits per heavy atom. The molecular weight excluding hydrogens is 442 g/mol. The van der Waals surface area contributed by atoms with E-state index in [1.165, 1.54) is 11.8 Å². The predicted molar refractivity (Wildman–Crippen MR) is 116 cm³/mol. The lowest BCUT2D eigenvalue weighted by atomic mass is 10.0. The zero-order valence-electron chi connectivity index (χ0n) is 15.6. The van der Waals surface area contributed by atoms with Crippen LogP contribution in [0, 0.1) is 0 Å². The number of halogens is 1. The third-order valence-electron chi connectivity index (χ3n) is 3.86. The summed E-state index contributed by atoms with van der Waals surface area (Å²) in [5.41, 5.74) is 3.06. The molecule has 1 N–H and O–H groups in total. The van der Waals surface area contributed by atoms with Crippen LogP contribution in [-0.2, 0) is 26.5 Å². The molecule has 2 rings (SSSR count). The summed E-state index contributed by atoms with van der Waals surface area (Å²) < 4.78 is 5.07. The van der Waals surface area contributed by atoms with Crippen LogP contribution in [0.25, 0.3) is 0 Å². The molecule has 0 atom stereocenters. The number of alkyl halides is 1. The van der Waals surface area contributed by atoms with Crippen LogP contribution in [0.1, 0.15) is 34.8 Å². The maximum absolute atomic E-state index is 12.3. The SMILES string of the molecule is CC(=O)SCc1ccccc1CCC(=O)Nc1cccc(C(=O)OCCBr)c1. The Kier molecular flexibility index (Phi) is 9.23. The molecule has 0 bridgehead atoms. The normalized spacial score (nSPS) is 10.4. The predicted octanol–water partition coefficient (Wildman–Crippen LogP) is 4.59. The van der Waals surface area contributed by atoms with Gasteiger partial charge in [-0.2, -0.15) is 0 Å². The molecule has 28 heavy (non-hydrogen) atoms. The molecule has 148 valence electrons. The van der Waals surface area contributed by atoms with Crippen molar-refractivity contribution in [3.05, 3.63) is 65.2 Å². The van der Waals surface area contributed by atoms with Crippen molar-refractivity contribution in [3.8, 4) is 0 Å². The molecule has 1 amide bonds. The second kappa shape index (κ2) is 11.7. The van der Waals surface area contributed by atoms with E-state index in [2.05, 4.69) is 21.2 Å². The van der Waals surface area contributed by atoms with Gasteiger partial charge in [-0.1, -0.05) is 58.0 Å². The van der Waals surface area contributed by atoms with Crippen molar-refractivity contribution >= 4 is 50.4 Å². The van der Waals surface area contributed by atoms with Gasteiger partial charge in [0.05, 0.1) is 5.56 Å². The number of hydrogen-bond donors (Lipinski definition) is 1. The Hall–Kier alpha value is -2.12. The van der Waals surface area contributed by atoms with Crippen LogP contribution in [0.3, 0.4) is 0 Å². The van der Waals surface area contributed by atoms with E-state index in [9.17, 15) is 14.4 Å². The Bertz CT molecular complexity index is 841. The van der Waals surface area contributed by atoms with Gasteiger partial charge in [0, 0.05) is 30.1 Å². The van der Waals surface area contributed by atoms with Gasteiger partial charge < -0.3 is 10.1 Å². The maximum atomic E-state index is 12.3. The quantitative estimate of drug-likeness (QED) is 0.434. The van der Waals surface area contributed by atoms with Crippen molar-refractivity contribution < 1.29 is 19.1 Å². The highest BCUT2D eigenvalue weighted by molar-refractivity contribution is 9.09. The summed E-state index contributed by atoms with van der Waals surface area (Å²) >= 11 is 4.46. The van der Waals surface area contributed by atoms with Gasteiger partial charge >= 0.3 is 5.97 Å². The third-order valence-corrected chi connectivity index (χ3v) is 5.05. The van der Waals surface area contributed by atoms with Gasteiger partial charge in [0.15, 0.2) is 5.12 Å². The first-order valence-electron chi connectivity index (χ1n) is 8.82. The van der Waals surface area contributed by atoms with Crippen molar-refractivity contribution in [3.63, 3.8) is 0 Å². The zero-order valence-corrected chi connectivity index (χ0v) is 18.0. The van der Waals surface area contributed by atoms with Gasteiger partial charge in [-0.25, -0.2) is 4.79 Å². The number of benzene rings is 2. The summed E-state index contributed by atoms with van der Waals surface area (Å²) in [5, 5.41) is 3.46. The minimum absolute atomic E-state index is 0.0714. The topological polar surface area (TPSA) is 72.5 Å². The molecule has 0 saturated heterocycles. The Labute approximate surface area is 177 Å². The Balaban J connectivity index is 1.93. The van der Waals surface area contributed by atoms with Crippen LogP contribution >= 0.6 is 27.7 Å². The second-order valence-corrected chi connectivity index (χ2v) is 7.95. The number of thioether (sulfide) groups is 1. The highest BCUT2D eigenvalue weighted by atomic mass is 79.9. The first-order chi connectivity index (χ1) is 13.5. The van der Waals surface area contributed by atoms with E-state index in [1.807, 2.05) is 24.3 Å². The van der Waals surface area contributed by atoms with Crippen LogP contribution in [0.2, 0.25) is 0 Å². The molecule has 2 aromatic rings. The van der Waals surface area contributed by atoms with Gasteiger partial charge in [-0.3, -0.25) is 9.59 Å².